The number of halogens is 2. The van der Waals surface area contributed by atoms with E-state index in [2.05, 4.69) is 36.1 Å². The Labute approximate surface area is 208 Å². The molecule has 0 spiro atoms. The molecular formula is C23H31BrClN5O3. The minimum atomic E-state index is -0.557. The summed E-state index contributed by atoms with van der Waals surface area (Å²) in [5, 5.41) is 4.94. The molecule has 2 aromatic rings. The minimum absolute atomic E-state index is 0.0391. The monoisotopic (exact) mass is 539 g/mol. The molecule has 0 radical (unpaired) electrons. The van der Waals surface area contributed by atoms with E-state index in [1.165, 1.54) is 6.33 Å². The van der Waals surface area contributed by atoms with Gasteiger partial charge >= 0.3 is 6.09 Å². The third kappa shape index (κ3) is 6.06. The molecular weight excluding hydrogens is 510 g/mol. The Kier molecular flexibility index (Phi) is 8.05. The van der Waals surface area contributed by atoms with Gasteiger partial charge in [0.25, 0.3) is 0 Å². The van der Waals surface area contributed by atoms with Gasteiger partial charge in [0, 0.05) is 36.9 Å². The fourth-order valence-electron chi connectivity index (χ4n) is 3.88. The number of amides is 2. The fraction of sp³-hybridized carbons (Fsp3) is 0.565. The molecule has 1 fully saturated rings. The van der Waals surface area contributed by atoms with Gasteiger partial charge in [-0.3, -0.25) is 4.79 Å². The molecule has 2 atom stereocenters. The maximum absolute atomic E-state index is 12.7. The Hall–Kier alpha value is -2.13. The lowest BCUT2D eigenvalue weighted by molar-refractivity contribution is -0.116. The number of hydrogen-bond donors (Lipinski definition) is 1. The van der Waals surface area contributed by atoms with Crippen LogP contribution in [0.15, 0.2) is 18.5 Å². The van der Waals surface area contributed by atoms with Crippen LogP contribution in [0.4, 0.5) is 16.3 Å². The van der Waals surface area contributed by atoms with E-state index in [0.717, 1.165) is 11.8 Å². The number of rotatable bonds is 5. The second kappa shape index (κ2) is 10.4. The Morgan fingerprint density at radius 1 is 1.21 bits per heavy atom. The summed E-state index contributed by atoms with van der Waals surface area (Å²) in [4.78, 5) is 38.0. The third-order valence-electron chi connectivity index (χ3n) is 5.42. The van der Waals surface area contributed by atoms with Gasteiger partial charge in [0.15, 0.2) is 0 Å². The minimum Gasteiger partial charge on any atom is -0.444 e. The lowest BCUT2D eigenvalue weighted by atomic mass is 10.1. The highest BCUT2D eigenvalue weighted by molar-refractivity contribution is 9.09. The van der Waals surface area contributed by atoms with Gasteiger partial charge < -0.3 is 19.9 Å². The van der Waals surface area contributed by atoms with E-state index in [-0.39, 0.29) is 24.1 Å². The second-order valence-electron chi connectivity index (χ2n) is 9.34. The number of carbonyl (C=O) groups excluding carboxylic acids is 2. The van der Waals surface area contributed by atoms with Gasteiger partial charge in [-0.2, -0.15) is 0 Å². The van der Waals surface area contributed by atoms with Crippen molar-refractivity contribution >= 4 is 61.9 Å². The highest BCUT2D eigenvalue weighted by atomic mass is 79.9. The zero-order valence-electron chi connectivity index (χ0n) is 19.7. The number of benzene rings is 1. The van der Waals surface area contributed by atoms with Crippen molar-refractivity contribution in [3.8, 4) is 0 Å². The fourth-order valence-corrected chi connectivity index (χ4v) is 4.37. The summed E-state index contributed by atoms with van der Waals surface area (Å²) in [5.41, 5.74) is 0.645. The van der Waals surface area contributed by atoms with Crippen LogP contribution in [0.2, 0.25) is 5.02 Å². The molecule has 8 nitrogen and oxygen atoms in total. The molecule has 2 heterocycles. The molecule has 1 saturated heterocycles. The van der Waals surface area contributed by atoms with Crippen LogP contribution in [0.1, 0.15) is 47.5 Å². The number of alkyl halides is 1. The summed E-state index contributed by atoms with van der Waals surface area (Å²) in [6, 6.07) is 3.38. The van der Waals surface area contributed by atoms with Gasteiger partial charge in [-0.25, -0.2) is 14.8 Å². The summed E-state index contributed by atoms with van der Waals surface area (Å²) >= 11 is 9.81. The quantitative estimate of drug-likeness (QED) is 0.523. The Morgan fingerprint density at radius 3 is 2.61 bits per heavy atom. The number of aromatic nitrogens is 2. The average Bonchev–Trinajstić information content (AvgIpc) is 2.74. The number of carbonyl (C=O) groups is 2. The van der Waals surface area contributed by atoms with Gasteiger partial charge in [-0.1, -0.05) is 27.5 Å². The van der Waals surface area contributed by atoms with Crippen molar-refractivity contribution in [2.75, 3.05) is 28.6 Å². The van der Waals surface area contributed by atoms with Crippen molar-refractivity contribution in [1.82, 2.24) is 14.9 Å². The highest BCUT2D eigenvalue weighted by Crippen LogP contribution is 2.36. The molecule has 180 valence electrons. The summed E-state index contributed by atoms with van der Waals surface area (Å²) in [7, 11) is 0. The number of piperazine rings is 1. The summed E-state index contributed by atoms with van der Waals surface area (Å²) in [5.74, 6) is 0.602. The van der Waals surface area contributed by atoms with Crippen LogP contribution in [-0.2, 0) is 9.53 Å². The number of nitrogens with zero attached hydrogens (tertiary/aromatic N) is 4. The van der Waals surface area contributed by atoms with E-state index < -0.39 is 5.60 Å². The number of ether oxygens (including phenoxy) is 1. The molecule has 2 amide bonds. The first-order valence-electron chi connectivity index (χ1n) is 11.1. The van der Waals surface area contributed by atoms with E-state index >= 15 is 0 Å². The van der Waals surface area contributed by atoms with E-state index in [1.807, 2.05) is 34.6 Å². The Morgan fingerprint density at radius 2 is 1.94 bits per heavy atom. The van der Waals surface area contributed by atoms with Gasteiger partial charge in [0.05, 0.1) is 21.6 Å². The molecule has 1 aromatic carbocycles. The SMILES string of the molecule is C[C@@H]1CN(c2ncnc3c(Cl)ccc(NC(=O)CCCBr)c23)[C@@H](C)CN1C(=O)OC(C)(C)C. The van der Waals surface area contributed by atoms with E-state index in [9.17, 15) is 9.59 Å². The predicted octanol–water partition coefficient (Wildman–Crippen LogP) is 5.23. The van der Waals surface area contributed by atoms with Crippen molar-refractivity contribution in [2.24, 2.45) is 0 Å². The molecule has 0 aliphatic carbocycles. The molecule has 1 aromatic heterocycles. The zero-order valence-corrected chi connectivity index (χ0v) is 22.0. The number of fused-ring (bicyclic) bond motifs is 1. The first-order chi connectivity index (χ1) is 15.5. The van der Waals surface area contributed by atoms with Crippen LogP contribution >= 0.6 is 27.5 Å². The Bertz CT molecular complexity index is 1030. The maximum atomic E-state index is 12.7. The summed E-state index contributed by atoms with van der Waals surface area (Å²) in [6.45, 7) is 10.6. The number of anilines is 2. The van der Waals surface area contributed by atoms with Crippen molar-refractivity contribution in [3.63, 3.8) is 0 Å². The zero-order chi connectivity index (χ0) is 24.3. The van der Waals surface area contributed by atoms with Crippen molar-refractivity contribution in [3.05, 3.63) is 23.5 Å². The van der Waals surface area contributed by atoms with Crippen LogP contribution in [-0.4, -0.2) is 63.0 Å². The van der Waals surface area contributed by atoms with Crippen molar-refractivity contribution in [2.45, 2.75) is 65.1 Å². The first-order valence-corrected chi connectivity index (χ1v) is 12.6. The lowest BCUT2D eigenvalue weighted by Gasteiger charge is -2.45. The van der Waals surface area contributed by atoms with Crippen molar-refractivity contribution < 1.29 is 14.3 Å². The van der Waals surface area contributed by atoms with Gasteiger partial charge in [0.1, 0.15) is 17.7 Å². The van der Waals surface area contributed by atoms with E-state index in [4.69, 9.17) is 16.3 Å². The van der Waals surface area contributed by atoms with Gasteiger partial charge in [0.2, 0.25) is 5.91 Å². The second-order valence-corrected chi connectivity index (χ2v) is 10.5. The van der Waals surface area contributed by atoms with Crippen LogP contribution in [0.3, 0.4) is 0 Å². The third-order valence-corrected chi connectivity index (χ3v) is 6.28. The van der Waals surface area contributed by atoms with E-state index in [0.29, 0.717) is 46.9 Å². The highest BCUT2D eigenvalue weighted by Gasteiger charge is 2.36. The van der Waals surface area contributed by atoms with Crippen LogP contribution < -0.4 is 10.2 Å². The molecule has 0 saturated carbocycles. The van der Waals surface area contributed by atoms with Gasteiger partial charge in [-0.15, -0.1) is 0 Å². The van der Waals surface area contributed by atoms with Crippen molar-refractivity contribution in [1.29, 1.82) is 0 Å². The van der Waals surface area contributed by atoms with Gasteiger partial charge in [-0.05, 0) is 53.2 Å². The average molecular weight is 541 g/mol. The molecule has 33 heavy (non-hydrogen) atoms. The molecule has 0 unspecified atom stereocenters. The maximum Gasteiger partial charge on any atom is 0.410 e. The molecule has 1 aliphatic rings. The normalized spacial score (nSPS) is 19.0. The van der Waals surface area contributed by atoms with E-state index in [1.54, 1.807) is 17.0 Å². The number of nitrogens with one attached hydrogen (secondary N) is 1. The lowest BCUT2D eigenvalue weighted by Crippen LogP contribution is -2.59. The van der Waals surface area contributed by atoms with Crippen LogP contribution in [0, 0.1) is 0 Å². The number of hydrogen-bond acceptors (Lipinski definition) is 6. The molecule has 10 heteroatoms. The summed E-state index contributed by atoms with van der Waals surface area (Å²) in [6.07, 6.45) is 2.30. The van der Waals surface area contributed by atoms with Crippen LogP contribution in [0.5, 0.6) is 0 Å². The topological polar surface area (TPSA) is 87.7 Å². The molecule has 3 rings (SSSR count). The first kappa shape index (κ1) is 25.5. The molecule has 0 bridgehead atoms. The molecule has 1 N–H and O–H groups in total. The summed E-state index contributed by atoms with van der Waals surface area (Å²) < 4.78 is 5.59. The largest absolute Gasteiger partial charge is 0.444 e. The molecule has 1 aliphatic heterocycles. The predicted molar refractivity (Wildman–Crippen MR) is 135 cm³/mol. The standard InChI is InChI=1S/C23H31BrClN5O3/c1-14-12-30(22(32)33-23(3,4)5)15(2)11-29(14)21-19-17(28-18(31)7-6-10-24)9-8-16(25)20(19)26-13-27-21/h8-9,13-15H,6-7,10-12H2,1-5H3,(H,28,31)/t14-,15+/m0/s1. The van der Waals surface area contributed by atoms with Crippen LogP contribution in [0.25, 0.3) is 10.9 Å². The smallest absolute Gasteiger partial charge is 0.410 e. The Balaban J connectivity index is 1.94.